The number of unbranched alkanes of at least 4 members (excludes halogenated alkanes) is 15. The van der Waals surface area contributed by atoms with Gasteiger partial charge in [0.25, 0.3) is 5.91 Å². The lowest BCUT2D eigenvalue weighted by Gasteiger charge is -2.37. The SMILES string of the molecule is CCCCCCCCCCCCCCCCCCNC(=O)C(F)(F)C(F)(F)C(F)(F)C(F)(F)C(F)(F)Cl. The Morgan fingerprint density at radius 3 is 1.19 bits per heavy atom. The topological polar surface area (TPSA) is 29.1 Å². The zero-order chi connectivity index (χ0) is 28.8. The van der Waals surface area contributed by atoms with E-state index in [4.69, 9.17) is 0 Å². The Morgan fingerprint density at radius 2 is 0.865 bits per heavy atom. The molecule has 0 bridgehead atoms. The second-order valence-electron chi connectivity index (χ2n) is 9.35. The molecule has 2 nitrogen and oxygen atoms in total. The normalized spacial score (nSPS) is 13.7. The van der Waals surface area contributed by atoms with Gasteiger partial charge in [0.15, 0.2) is 0 Å². The summed E-state index contributed by atoms with van der Waals surface area (Å²) in [6.07, 6.45) is 16.1. The average Bonchev–Trinajstić information content (AvgIpc) is 2.79. The van der Waals surface area contributed by atoms with Crippen molar-refractivity contribution in [3.63, 3.8) is 0 Å². The van der Waals surface area contributed by atoms with Crippen molar-refractivity contribution in [3.8, 4) is 0 Å². The molecule has 0 spiro atoms. The molecule has 0 aliphatic rings. The average molecular weight is 582 g/mol. The molecule has 0 aromatic heterocycles. The summed E-state index contributed by atoms with van der Waals surface area (Å²) in [5, 5.41) is -5.00. The summed E-state index contributed by atoms with van der Waals surface area (Å²) in [5.74, 6) is -30.9. The van der Waals surface area contributed by atoms with E-state index in [0.717, 1.165) is 32.1 Å². The summed E-state index contributed by atoms with van der Waals surface area (Å²) in [6, 6.07) is 0. The number of carbonyl (C=O) groups excluding carboxylic acids is 1. The molecule has 13 heteroatoms. The Balaban J connectivity index is 4.14. The van der Waals surface area contributed by atoms with Crippen LogP contribution in [0.25, 0.3) is 0 Å². The molecule has 0 aliphatic heterocycles. The first-order valence-corrected chi connectivity index (χ1v) is 13.2. The molecule has 0 atom stereocenters. The number of halogens is 11. The van der Waals surface area contributed by atoms with Crippen LogP contribution in [0.4, 0.5) is 43.9 Å². The molecule has 0 saturated heterocycles. The molecule has 0 rings (SSSR count). The monoisotopic (exact) mass is 581 g/mol. The summed E-state index contributed by atoms with van der Waals surface area (Å²) in [6.45, 7) is 1.57. The largest absolute Gasteiger partial charge is 0.393 e. The second-order valence-corrected chi connectivity index (χ2v) is 9.83. The molecule has 37 heavy (non-hydrogen) atoms. The highest BCUT2D eigenvalue weighted by Gasteiger charge is 2.87. The smallest absolute Gasteiger partial charge is 0.351 e. The van der Waals surface area contributed by atoms with Crippen LogP contribution in [-0.2, 0) is 4.79 Å². The van der Waals surface area contributed by atoms with Crippen molar-refractivity contribution in [2.45, 2.75) is 139 Å². The Hall–Kier alpha value is -0.940. The van der Waals surface area contributed by atoms with Gasteiger partial charge in [0, 0.05) is 6.54 Å². The van der Waals surface area contributed by atoms with Crippen molar-refractivity contribution in [1.29, 1.82) is 0 Å². The fourth-order valence-electron chi connectivity index (χ4n) is 3.70. The lowest BCUT2D eigenvalue weighted by molar-refractivity contribution is -0.382. The molecule has 0 aliphatic carbocycles. The van der Waals surface area contributed by atoms with Crippen LogP contribution in [0.15, 0.2) is 0 Å². The van der Waals surface area contributed by atoms with Crippen molar-refractivity contribution >= 4 is 17.5 Å². The third-order valence-electron chi connectivity index (χ3n) is 6.14. The number of rotatable bonds is 22. The van der Waals surface area contributed by atoms with Gasteiger partial charge in [-0.2, -0.15) is 43.9 Å². The Morgan fingerprint density at radius 1 is 0.541 bits per heavy atom. The lowest BCUT2D eigenvalue weighted by Crippen LogP contribution is -2.69. The third-order valence-corrected chi connectivity index (χ3v) is 6.38. The van der Waals surface area contributed by atoms with Gasteiger partial charge >= 0.3 is 29.1 Å². The number of amides is 1. The molecule has 0 aromatic rings. The van der Waals surface area contributed by atoms with Crippen LogP contribution in [0.5, 0.6) is 0 Å². The van der Waals surface area contributed by atoms with E-state index in [1.807, 2.05) is 0 Å². The van der Waals surface area contributed by atoms with Gasteiger partial charge in [-0.1, -0.05) is 103 Å². The van der Waals surface area contributed by atoms with Crippen LogP contribution >= 0.6 is 11.6 Å². The first-order valence-electron chi connectivity index (χ1n) is 12.8. The second kappa shape index (κ2) is 16.2. The van der Waals surface area contributed by atoms with Crippen molar-refractivity contribution in [3.05, 3.63) is 0 Å². The van der Waals surface area contributed by atoms with Gasteiger partial charge in [-0.05, 0) is 18.0 Å². The van der Waals surface area contributed by atoms with E-state index in [0.29, 0.717) is 12.8 Å². The third kappa shape index (κ3) is 10.6. The maximum atomic E-state index is 13.7. The molecule has 1 amide bonds. The summed E-state index contributed by atoms with van der Waals surface area (Å²) >= 11 is 3.72. The summed E-state index contributed by atoms with van der Waals surface area (Å²) in [4.78, 5) is 11.4. The Labute approximate surface area is 217 Å². The van der Waals surface area contributed by atoms with Crippen LogP contribution < -0.4 is 5.32 Å². The van der Waals surface area contributed by atoms with E-state index >= 15 is 0 Å². The van der Waals surface area contributed by atoms with E-state index < -0.39 is 41.5 Å². The molecule has 0 radical (unpaired) electrons. The number of carbonyl (C=O) groups is 1. The van der Waals surface area contributed by atoms with Crippen LogP contribution in [0, 0.1) is 0 Å². The summed E-state index contributed by atoms with van der Waals surface area (Å²) < 4.78 is 132. The van der Waals surface area contributed by atoms with Crippen LogP contribution in [0.1, 0.15) is 110 Å². The number of hydrogen-bond acceptors (Lipinski definition) is 1. The number of alkyl halides is 11. The highest BCUT2D eigenvalue weighted by molar-refractivity contribution is 6.22. The van der Waals surface area contributed by atoms with Crippen molar-refractivity contribution in [2.75, 3.05) is 6.54 Å². The first-order chi connectivity index (χ1) is 17.0. The van der Waals surface area contributed by atoms with Gasteiger partial charge in [0.2, 0.25) is 0 Å². The standard InChI is InChI=1S/C24H38ClF10NO/c1-2-3-4-5-6-7-8-9-10-11-12-13-14-15-16-17-18-36-19(37)20(26,27)21(28,29)22(30,31)23(32,33)24(25,34)35/h2-18H2,1H3,(H,36,37). The minimum atomic E-state index is -7.33. The molecule has 222 valence electrons. The highest BCUT2D eigenvalue weighted by atomic mass is 35.5. The van der Waals surface area contributed by atoms with Crippen LogP contribution in [-0.4, -0.2) is 41.5 Å². The number of hydrogen-bond donors (Lipinski definition) is 1. The van der Waals surface area contributed by atoms with Gasteiger partial charge in [0.1, 0.15) is 0 Å². The van der Waals surface area contributed by atoms with Gasteiger partial charge in [-0.3, -0.25) is 4.79 Å². The zero-order valence-electron chi connectivity index (χ0n) is 21.1. The highest BCUT2D eigenvalue weighted by Crippen LogP contribution is 2.57. The molecule has 0 saturated carbocycles. The minimum Gasteiger partial charge on any atom is -0.351 e. The minimum absolute atomic E-state index is 0.0396. The van der Waals surface area contributed by atoms with Crippen molar-refractivity contribution in [2.24, 2.45) is 0 Å². The summed E-state index contributed by atoms with van der Waals surface area (Å²) in [5.41, 5.74) is 0. The van der Waals surface area contributed by atoms with Crippen molar-refractivity contribution in [1.82, 2.24) is 5.32 Å². The van der Waals surface area contributed by atoms with Crippen LogP contribution in [0.2, 0.25) is 0 Å². The van der Waals surface area contributed by atoms with E-state index in [2.05, 4.69) is 18.5 Å². The molecule has 0 unspecified atom stereocenters. The fourth-order valence-corrected chi connectivity index (χ4v) is 3.82. The molecule has 0 heterocycles. The van der Waals surface area contributed by atoms with Gasteiger partial charge in [-0.15, -0.1) is 0 Å². The molecule has 0 aromatic carbocycles. The molecular formula is C24H38ClF10NO. The predicted molar refractivity (Wildman–Crippen MR) is 123 cm³/mol. The van der Waals surface area contributed by atoms with E-state index in [-0.39, 0.29) is 6.42 Å². The fraction of sp³-hybridized carbons (Fsp3) is 0.958. The zero-order valence-corrected chi connectivity index (χ0v) is 21.8. The molecule has 1 N–H and O–H groups in total. The summed E-state index contributed by atoms with van der Waals surface area (Å²) in [7, 11) is 0. The maximum absolute atomic E-state index is 13.7. The Kier molecular flexibility index (Phi) is 15.8. The van der Waals surface area contributed by atoms with Crippen molar-refractivity contribution < 1.29 is 48.7 Å². The van der Waals surface area contributed by atoms with Gasteiger partial charge < -0.3 is 5.32 Å². The van der Waals surface area contributed by atoms with E-state index in [1.165, 1.54) is 56.7 Å². The van der Waals surface area contributed by atoms with E-state index in [1.54, 1.807) is 0 Å². The van der Waals surface area contributed by atoms with Gasteiger partial charge in [0.05, 0.1) is 0 Å². The quantitative estimate of drug-likeness (QED) is 0.0769. The molecule has 0 fully saturated rings. The Bertz CT molecular complexity index is 642. The predicted octanol–water partition coefficient (Wildman–Crippen LogP) is 9.74. The van der Waals surface area contributed by atoms with Crippen LogP contribution in [0.3, 0.4) is 0 Å². The first kappa shape index (κ1) is 36.1. The van der Waals surface area contributed by atoms with Gasteiger partial charge in [-0.25, -0.2) is 0 Å². The molecular weight excluding hydrogens is 544 g/mol. The maximum Gasteiger partial charge on any atom is 0.393 e. The lowest BCUT2D eigenvalue weighted by atomic mass is 9.98. The number of nitrogens with one attached hydrogen (secondary N) is 1. The van der Waals surface area contributed by atoms with E-state index in [9.17, 15) is 48.7 Å².